The number of halogens is 2. The van der Waals surface area contributed by atoms with E-state index in [0.29, 0.717) is 0 Å². The Morgan fingerprint density at radius 2 is 1.91 bits per heavy atom. The van der Waals surface area contributed by atoms with Gasteiger partial charge in [-0.05, 0) is 14.1 Å². The lowest BCUT2D eigenvalue weighted by Gasteiger charge is -2.11. The Hall–Kier alpha value is -0.0300. The molecular formula is C5H14Cl2N2O2. The van der Waals surface area contributed by atoms with Gasteiger partial charge >= 0.3 is 0 Å². The summed E-state index contributed by atoms with van der Waals surface area (Å²) in [7, 11) is 3.51. The molecule has 0 saturated heterocycles. The van der Waals surface area contributed by atoms with Crippen molar-refractivity contribution in [3.8, 4) is 0 Å². The van der Waals surface area contributed by atoms with Gasteiger partial charge < -0.3 is 15.7 Å². The molecule has 3 N–H and O–H groups in total. The molecule has 0 bridgehead atoms. The van der Waals surface area contributed by atoms with Crippen LogP contribution in [0, 0.1) is 0 Å². The molecule has 0 aromatic carbocycles. The first-order chi connectivity index (χ1) is 4.04. The van der Waals surface area contributed by atoms with Gasteiger partial charge in [-0.25, -0.2) is 0 Å². The highest BCUT2D eigenvalue weighted by Gasteiger charge is 2.10. The Morgan fingerprint density at radius 1 is 1.55 bits per heavy atom. The lowest BCUT2D eigenvalue weighted by molar-refractivity contribution is -0.126. The third kappa shape index (κ3) is 9.97. The molecule has 0 radical (unpaired) electrons. The fourth-order valence-electron chi connectivity index (χ4n) is 0.436. The van der Waals surface area contributed by atoms with Crippen molar-refractivity contribution < 1.29 is 9.90 Å². The number of nitrogens with two attached hydrogens (primary N) is 1. The largest absolute Gasteiger partial charge is 0.382 e. The first kappa shape index (κ1) is 17.2. The highest BCUT2D eigenvalue weighted by molar-refractivity contribution is 5.85. The minimum atomic E-state index is -1.04. The predicted octanol–water partition coefficient (Wildman–Crippen LogP) is -0.762. The average Bonchev–Trinajstić information content (AvgIpc) is 1.63. The van der Waals surface area contributed by atoms with Crippen LogP contribution in [-0.4, -0.2) is 42.7 Å². The van der Waals surface area contributed by atoms with Crippen LogP contribution in [0.2, 0.25) is 0 Å². The quantitative estimate of drug-likeness (QED) is 0.636. The van der Waals surface area contributed by atoms with Gasteiger partial charge in [0.15, 0.2) is 0 Å². The molecule has 0 aromatic rings. The Balaban J connectivity index is -0.000000320. The van der Waals surface area contributed by atoms with Gasteiger partial charge in [0, 0.05) is 6.54 Å². The molecule has 0 rings (SSSR count). The minimum absolute atomic E-state index is 0. The molecule has 0 heterocycles. The lowest BCUT2D eigenvalue weighted by Crippen LogP contribution is -2.37. The molecule has 0 aliphatic rings. The number of aliphatic hydroxyl groups is 1. The highest BCUT2D eigenvalue weighted by atomic mass is 35.5. The van der Waals surface area contributed by atoms with E-state index in [9.17, 15) is 4.79 Å². The van der Waals surface area contributed by atoms with Crippen molar-refractivity contribution in [2.45, 2.75) is 6.10 Å². The molecule has 6 heteroatoms. The summed E-state index contributed by atoms with van der Waals surface area (Å²) < 4.78 is 0. The van der Waals surface area contributed by atoms with E-state index in [1.807, 2.05) is 0 Å². The SMILES string of the molecule is CN(C)C[C@@H](O)C(N)=O.Cl.Cl. The van der Waals surface area contributed by atoms with Gasteiger partial charge in [0.2, 0.25) is 5.91 Å². The number of aliphatic hydroxyl groups excluding tert-OH is 1. The maximum absolute atomic E-state index is 10.2. The maximum atomic E-state index is 10.2. The second kappa shape index (κ2) is 8.07. The van der Waals surface area contributed by atoms with Crippen LogP contribution in [-0.2, 0) is 4.79 Å². The van der Waals surface area contributed by atoms with Crippen molar-refractivity contribution >= 4 is 30.7 Å². The van der Waals surface area contributed by atoms with Gasteiger partial charge in [0.1, 0.15) is 6.10 Å². The van der Waals surface area contributed by atoms with Crippen LogP contribution >= 0.6 is 24.8 Å². The van der Waals surface area contributed by atoms with Crippen LogP contribution in [0.5, 0.6) is 0 Å². The highest BCUT2D eigenvalue weighted by Crippen LogP contribution is 1.82. The first-order valence-electron chi connectivity index (χ1n) is 2.66. The molecule has 0 saturated carbocycles. The van der Waals surface area contributed by atoms with Crippen molar-refractivity contribution in [1.29, 1.82) is 0 Å². The van der Waals surface area contributed by atoms with E-state index in [-0.39, 0.29) is 31.4 Å². The Kier molecular flexibility index (Phi) is 12.6. The molecule has 0 unspecified atom stereocenters. The zero-order chi connectivity index (χ0) is 7.44. The summed E-state index contributed by atoms with van der Waals surface area (Å²) in [4.78, 5) is 11.9. The zero-order valence-electron chi connectivity index (χ0n) is 6.48. The molecule has 1 atom stereocenters. The van der Waals surface area contributed by atoms with Gasteiger partial charge in [-0.15, -0.1) is 24.8 Å². The summed E-state index contributed by atoms with van der Waals surface area (Å²) in [5.74, 6) is -0.677. The number of carbonyl (C=O) groups is 1. The average molecular weight is 205 g/mol. The molecule has 70 valence electrons. The van der Waals surface area contributed by atoms with Gasteiger partial charge in [-0.1, -0.05) is 0 Å². The third-order valence-corrected chi connectivity index (χ3v) is 0.867. The van der Waals surface area contributed by atoms with Gasteiger partial charge in [-0.2, -0.15) is 0 Å². The van der Waals surface area contributed by atoms with Crippen molar-refractivity contribution in [1.82, 2.24) is 4.90 Å². The van der Waals surface area contributed by atoms with E-state index < -0.39 is 12.0 Å². The predicted molar refractivity (Wildman–Crippen MR) is 48.3 cm³/mol. The van der Waals surface area contributed by atoms with Crippen molar-refractivity contribution in [3.05, 3.63) is 0 Å². The van der Waals surface area contributed by atoms with E-state index >= 15 is 0 Å². The second-order valence-corrected chi connectivity index (χ2v) is 2.18. The van der Waals surface area contributed by atoms with Crippen LogP contribution in [0.4, 0.5) is 0 Å². The standard InChI is InChI=1S/C5H12N2O2.2ClH/c1-7(2)3-4(8)5(6)9;;/h4,8H,3H2,1-2H3,(H2,6,9);2*1H/t4-;;/m1../s1. The zero-order valence-corrected chi connectivity index (χ0v) is 8.11. The molecule has 0 aromatic heterocycles. The Morgan fingerprint density at radius 3 is 2.00 bits per heavy atom. The Bertz CT molecular complexity index is 111. The topological polar surface area (TPSA) is 66.6 Å². The third-order valence-electron chi connectivity index (χ3n) is 0.867. The number of nitrogens with zero attached hydrogens (tertiary/aromatic N) is 1. The number of hydrogen-bond donors (Lipinski definition) is 2. The van der Waals surface area contributed by atoms with E-state index in [2.05, 4.69) is 0 Å². The summed E-state index contributed by atoms with van der Waals surface area (Å²) in [6.07, 6.45) is -1.04. The van der Waals surface area contributed by atoms with Gasteiger partial charge in [0.05, 0.1) is 0 Å². The smallest absolute Gasteiger partial charge is 0.247 e. The molecule has 11 heavy (non-hydrogen) atoms. The van der Waals surface area contributed by atoms with E-state index in [1.165, 1.54) is 0 Å². The van der Waals surface area contributed by atoms with Crippen LogP contribution < -0.4 is 5.73 Å². The molecule has 4 nitrogen and oxygen atoms in total. The van der Waals surface area contributed by atoms with Crippen LogP contribution in [0.3, 0.4) is 0 Å². The van der Waals surface area contributed by atoms with E-state index in [0.717, 1.165) is 0 Å². The minimum Gasteiger partial charge on any atom is -0.382 e. The Labute approximate surface area is 78.6 Å². The van der Waals surface area contributed by atoms with Gasteiger partial charge in [-0.3, -0.25) is 4.79 Å². The number of amides is 1. The summed E-state index contributed by atoms with van der Waals surface area (Å²) in [6, 6.07) is 0. The second-order valence-electron chi connectivity index (χ2n) is 2.18. The normalized spacial score (nSPS) is 11.3. The molecule has 1 amide bonds. The lowest BCUT2D eigenvalue weighted by atomic mass is 10.3. The molecule has 0 aliphatic heterocycles. The molecule has 0 aliphatic carbocycles. The number of primary amides is 1. The molecular weight excluding hydrogens is 191 g/mol. The molecule has 0 spiro atoms. The number of hydrogen-bond acceptors (Lipinski definition) is 3. The van der Waals surface area contributed by atoms with Crippen molar-refractivity contribution in [3.63, 3.8) is 0 Å². The number of likely N-dealkylation sites (N-methyl/N-ethyl adjacent to an activating group) is 1. The molecule has 0 fully saturated rings. The van der Waals surface area contributed by atoms with Crippen LogP contribution in [0.1, 0.15) is 0 Å². The first-order valence-corrected chi connectivity index (χ1v) is 2.66. The fraction of sp³-hybridized carbons (Fsp3) is 0.800. The van der Waals surface area contributed by atoms with Crippen molar-refractivity contribution in [2.75, 3.05) is 20.6 Å². The number of carbonyl (C=O) groups excluding carboxylic acids is 1. The summed E-state index contributed by atoms with van der Waals surface area (Å²) in [5.41, 5.74) is 4.77. The monoisotopic (exact) mass is 204 g/mol. The van der Waals surface area contributed by atoms with E-state index in [4.69, 9.17) is 10.8 Å². The van der Waals surface area contributed by atoms with Crippen LogP contribution in [0.15, 0.2) is 0 Å². The summed E-state index contributed by atoms with van der Waals surface area (Å²) in [5, 5.41) is 8.78. The number of rotatable bonds is 3. The maximum Gasteiger partial charge on any atom is 0.247 e. The fourth-order valence-corrected chi connectivity index (χ4v) is 0.436. The summed E-state index contributed by atoms with van der Waals surface area (Å²) >= 11 is 0. The van der Waals surface area contributed by atoms with Gasteiger partial charge in [0.25, 0.3) is 0 Å². The van der Waals surface area contributed by atoms with E-state index in [1.54, 1.807) is 19.0 Å². The van der Waals surface area contributed by atoms with Crippen molar-refractivity contribution in [2.24, 2.45) is 5.73 Å². The van der Waals surface area contributed by atoms with Crippen LogP contribution in [0.25, 0.3) is 0 Å². The summed E-state index contributed by atoms with van der Waals surface area (Å²) in [6.45, 7) is 0.287.